The fraction of sp³-hybridized carbons (Fsp3) is 0.438. The summed E-state index contributed by atoms with van der Waals surface area (Å²) in [6.45, 7) is 3.16. The van der Waals surface area contributed by atoms with Gasteiger partial charge in [-0.3, -0.25) is 4.68 Å². The van der Waals surface area contributed by atoms with Crippen LogP contribution in [0.1, 0.15) is 24.6 Å². The molecule has 2 rings (SSSR count). The highest BCUT2D eigenvalue weighted by Crippen LogP contribution is 2.19. The third-order valence-electron chi connectivity index (χ3n) is 3.59. The number of hydrogen-bond acceptors (Lipinski definition) is 2. The molecule has 1 aromatic heterocycles. The molecule has 1 N–H and O–H groups in total. The summed E-state index contributed by atoms with van der Waals surface area (Å²) in [5.41, 5.74) is 2.66. The quantitative estimate of drug-likeness (QED) is 0.840. The van der Waals surface area contributed by atoms with Crippen LogP contribution in [0.15, 0.2) is 41.0 Å². The van der Waals surface area contributed by atoms with Crippen LogP contribution >= 0.6 is 15.9 Å². The first kappa shape index (κ1) is 15.3. The average molecular weight is 336 g/mol. The van der Waals surface area contributed by atoms with Gasteiger partial charge in [-0.05, 0) is 43.5 Å². The van der Waals surface area contributed by atoms with Crippen molar-refractivity contribution in [3.8, 4) is 0 Å². The smallest absolute Gasteiger partial charge is 0.0492 e. The van der Waals surface area contributed by atoms with Gasteiger partial charge in [0.1, 0.15) is 0 Å². The van der Waals surface area contributed by atoms with Gasteiger partial charge in [-0.1, -0.05) is 41.1 Å². The first-order valence-corrected chi connectivity index (χ1v) is 7.93. The Balaban J connectivity index is 1.97. The maximum Gasteiger partial charge on any atom is 0.0492 e. The van der Waals surface area contributed by atoms with Crippen molar-refractivity contribution in [3.05, 3.63) is 52.3 Å². The lowest BCUT2D eigenvalue weighted by Crippen LogP contribution is -2.31. The molecule has 0 aliphatic heterocycles. The number of halogens is 1. The lowest BCUT2D eigenvalue weighted by atomic mass is 10.0. The topological polar surface area (TPSA) is 29.9 Å². The van der Waals surface area contributed by atoms with Gasteiger partial charge in [0, 0.05) is 29.5 Å². The van der Waals surface area contributed by atoms with Crippen molar-refractivity contribution < 1.29 is 0 Å². The molecule has 0 amide bonds. The number of likely N-dealkylation sites (N-methyl/N-ethyl adjacent to an activating group) is 1. The summed E-state index contributed by atoms with van der Waals surface area (Å²) in [5, 5.41) is 7.82. The maximum absolute atomic E-state index is 4.23. The Labute approximate surface area is 129 Å². The molecule has 108 valence electrons. The summed E-state index contributed by atoms with van der Waals surface area (Å²) < 4.78 is 3.16. The van der Waals surface area contributed by atoms with E-state index in [4.69, 9.17) is 0 Å². The number of aryl methyl sites for hydroxylation is 2. The van der Waals surface area contributed by atoms with Crippen molar-refractivity contribution in [1.82, 2.24) is 15.1 Å². The molecule has 1 heterocycles. The Bertz CT molecular complexity index is 536. The van der Waals surface area contributed by atoms with Crippen LogP contribution in [0.25, 0.3) is 0 Å². The zero-order valence-corrected chi connectivity index (χ0v) is 13.7. The van der Waals surface area contributed by atoms with Gasteiger partial charge >= 0.3 is 0 Å². The van der Waals surface area contributed by atoms with Crippen molar-refractivity contribution in [2.45, 2.75) is 32.2 Å². The second-order valence-corrected chi connectivity index (χ2v) is 5.89. The fourth-order valence-electron chi connectivity index (χ4n) is 2.46. The SMILES string of the molecule is CCNC(CCc1ccnn1C)Cc1ccccc1Br. The lowest BCUT2D eigenvalue weighted by Gasteiger charge is -2.18. The largest absolute Gasteiger partial charge is 0.314 e. The number of aromatic nitrogens is 2. The second kappa shape index (κ2) is 7.60. The molecule has 0 spiro atoms. The molecule has 0 fully saturated rings. The van der Waals surface area contributed by atoms with E-state index in [-0.39, 0.29) is 0 Å². The first-order valence-electron chi connectivity index (χ1n) is 7.14. The van der Waals surface area contributed by atoms with Gasteiger partial charge in [0.15, 0.2) is 0 Å². The molecular weight excluding hydrogens is 314 g/mol. The van der Waals surface area contributed by atoms with Crippen LogP contribution in [0, 0.1) is 0 Å². The van der Waals surface area contributed by atoms with Gasteiger partial charge in [0.2, 0.25) is 0 Å². The lowest BCUT2D eigenvalue weighted by molar-refractivity contribution is 0.483. The highest BCUT2D eigenvalue weighted by atomic mass is 79.9. The van der Waals surface area contributed by atoms with E-state index in [1.54, 1.807) is 0 Å². The third-order valence-corrected chi connectivity index (χ3v) is 4.36. The van der Waals surface area contributed by atoms with Crippen molar-refractivity contribution in [3.63, 3.8) is 0 Å². The van der Waals surface area contributed by atoms with E-state index in [1.807, 2.05) is 17.9 Å². The summed E-state index contributed by atoms with van der Waals surface area (Å²) in [6, 6.07) is 11.1. The van der Waals surface area contributed by atoms with E-state index in [9.17, 15) is 0 Å². The van der Waals surface area contributed by atoms with Crippen molar-refractivity contribution in [2.75, 3.05) is 6.54 Å². The van der Waals surface area contributed by atoms with E-state index in [0.29, 0.717) is 6.04 Å². The number of rotatable bonds is 7. The summed E-state index contributed by atoms with van der Waals surface area (Å²) in [7, 11) is 2.01. The Morgan fingerprint density at radius 2 is 2.10 bits per heavy atom. The predicted octanol–water partition coefficient (Wildman–Crippen LogP) is 3.34. The molecule has 1 unspecified atom stereocenters. The third kappa shape index (κ3) is 4.18. The zero-order valence-electron chi connectivity index (χ0n) is 12.1. The van der Waals surface area contributed by atoms with E-state index in [1.165, 1.54) is 15.7 Å². The van der Waals surface area contributed by atoms with Crippen LogP contribution < -0.4 is 5.32 Å². The van der Waals surface area contributed by atoms with Gasteiger partial charge in [-0.15, -0.1) is 0 Å². The number of nitrogens with one attached hydrogen (secondary N) is 1. The van der Waals surface area contributed by atoms with Crippen LogP contribution in [-0.2, 0) is 19.9 Å². The zero-order chi connectivity index (χ0) is 14.4. The van der Waals surface area contributed by atoms with Crippen LogP contribution in [-0.4, -0.2) is 22.4 Å². The molecule has 1 aromatic carbocycles. The minimum Gasteiger partial charge on any atom is -0.314 e. The highest BCUT2D eigenvalue weighted by molar-refractivity contribution is 9.10. The molecular formula is C16H22BrN3. The number of nitrogens with zero attached hydrogens (tertiary/aromatic N) is 2. The Morgan fingerprint density at radius 1 is 1.30 bits per heavy atom. The van der Waals surface area contributed by atoms with Gasteiger partial charge in [-0.25, -0.2) is 0 Å². The maximum atomic E-state index is 4.23. The Hall–Kier alpha value is -1.13. The van der Waals surface area contributed by atoms with Crippen LogP contribution in [0.2, 0.25) is 0 Å². The molecule has 0 saturated carbocycles. The second-order valence-electron chi connectivity index (χ2n) is 5.03. The van der Waals surface area contributed by atoms with Gasteiger partial charge in [0.05, 0.1) is 0 Å². The molecule has 0 aliphatic rings. The summed E-state index contributed by atoms with van der Waals surface area (Å²) in [4.78, 5) is 0. The number of hydrogen-bond donors (Lipinski definition) is 1. The van der Waals surface area contributed by atoms with E-state index >= 15 is 0 Å². The van der Waals surface area contributed by atoms with Crippen LogP contribution in [0.4, 0.5) is 0 Å². The minimum atomic E-state index is 0.494. The monoisotopic (exact) mass is 335 g/mol. The molecule has 20 heavy (non-hydrogen) atoms. The molecule has 4 heteroatoms. The molecule has 0 bridgehead atoms. The molecule has 0 aliphatic carbocycles. The first-order chi connectivity index (χ1) is 9.70. The van der Waals surface area contributed by atoms with Crippen molar-refractivity contribution >= 4 is 15.9 Å². The minimum absolute atomic E-state index is 0.494. The van der Waals surface area contributed by atoms with Crippen molar-refractivity contribution in [2.24, 2.45) is 7.05 Å². The van der Waals surface area contributed by atoms with Crippen LogP contribution in [0.5, 0.6) is 0 Å². The fourth-order valence-corrected chi connectivity index (χ4v) is 2.91. The highest BCUT2D eigenvalue weighted by Gasteiger charge is 2.11. The normalized spacial score (nSPS) is 12.6. The van der Waals surface area contributed by atoms with Gasteiger partial charge in [-0.2, -0.15) is 5.10 Å². The molecule has 0 radical (unpaired) electrons. The summed E-state index contributed by atoms with van der Waals surface area (Å²) in [5.74, 6) is 0. The molecule has 0 saturated heterocycles. The van der Waals surface area contributed by atoms with Gasteiger partial charge < -0.3 is 5.32 Å². The van der Waals surface area contributed by atoms with Gasteiger partial charge in [0.25, 0.3) is 0 Å². The summed E-state index contributed by atoms with van der Waals surface area (Å²) >= 11 is 3.64. The Kier molecular flexibility index (Phi) is 5.80. The average Bonchev–Trinajstić information content (AvgIpc) is 2.84. The Morgan fingerprint density at radius 3 is 2.75 bits per heavy atom. The standard InChI is InChI=1S/C16H22BrN3/c1-3-18-14(8-9-15-10-11-19-20(15)2)12-13-6-4-5-7-16(13)17/h4-7,10-11,14,18H,3,8-9,12H2,1-2H3. The number of benzene rings is 1. The predicted molar refractivity (Wildman–Crippen MR) is 86.8 cm³/mol. The molecule has 2 aromatic rings. The van der Waals surface area contributed by atoms with E-state index in [2.05, 4.69) is 63.6 Å². The van der Waals surface area contributed by atoms with E-state index in [0.717, 1.165) is 25.8 Å². The van der Waals surface area contributed by atoms with Crippen LogP contribution in [0.3, 0.4) is 0 Å². The van der Waals surface area contributed by atoms with E-state index < -0.39 is 0 Å². The molecule has 1 atom stereocenters. The van der Waals surface area contributed by atoms with Crippen molar-refractivity contribution in [1.29, 1.82) is 0 Å². The molecule has 3 nitrogen and oxygen atoms in total. The summed E-state index contributed by atoms with van der Waals surface area (Å²) in [6.07, 6.45) is 5.09.